The molecule has 2 amide bonds. The fraction of sp³-hybridized carbons (Fsp3) is 0.419. The van der Waals surface area contributed by atoms with Crippen LogP contribution in [0.15, 0.2) is 54.9 Å². The van der Waals surface area contributed by atoms with E-state index in [0.717, 1.165) is 54.5 Å². The Balaban J connectivity index is 1.45. The second-order valence-electron chi connectivity index (χ2n) is 9.95. The Labute approximate surface area is 225 Å². The van der Waals surface area contributed by atoms with E-state index in [9.17, 15) is 9.59 Å². The van der Waals surface area contributed by atoms with Gasteiger partial charge in [-0.05, 0) is 54.5 Å². The van der Waals surface area contributed by atoms with Gasteiger partial charge in [0.2, 0.25) is 5.91 Å². The van der Waals surface area contributed by atoms with Crippen LogP contribution in [-0.2, 0) is 17.8 Å². The number of ether oxygens (including phenoxy) is 1. The predicted octanol–water partition coefficient (Wildman–Crippen LogP) is 5.97. The predicted molar refractivity (Wildman–Crippen MR) is 150 cm³/mol. The first-order valence-corrected chi connectivity index (χ1v) is 13.8. The van der Waals surface area contributed by atoms with Crippen LogP contribution < -0.4 is 15.0 Å². The minimum absolute atomic E-state index is 0.0266. The molecule has 0 atom stereocenters. The van der Waals surface area contributed by atoms with Gasteiger partial charge >= 0.3 is 0 Å². The van der Waals surface area contributed by atoms with E-state index in [4.69, 9.17) is 4.74 Å². The molecule has 0 aliphatic carbocycles. The minimum atomic E-state index is -0.119. The zero-order valence-corrected chi connectivity index (χ0v) is 22.7. The van der Waals surface area contributed by atoms with Crippen LogP contribution in [0.3, 0.4) is 0 Å². The Bertz CT molecular complexity index is 1240. The quantitative estimate of drug-likeness (QED) is 0.304. The third-order valence-corrected chi connectivity index (χ3v) is 6.85. The smallest absolute Gasteiger partial charge is 0.251 e. The van der Waals surface area contributed by atoms with E-state index < -0.39 is 0 Å². The molecule has 0 bridgehead atoms. The molecule has 38 heavy (non-hydrogen) atoms. The molecule has 1 aliphatic heterocycles. The second-order valence-corrected chi connectivity index (χ2v) is 9.95. The SMILES string of the molecule is CCCNC(=O)c1ccc2c(c1)N(Cc1cccc(-c3ncc(OCC(CCC)CCC)cn3)c1)C(=O)C2. The van der Waals surface area contributed by atoms with Crippen molar-refractivity contribution in [2.24, 2.45) is 5.92 Å². The van der Waals surface area contributed by atoms with Gasteiger partial charge in [-0.1, -0.05) is 57.9 Å². The lowest BCUT2D eigenvalue weighted by atomic mass is 9.99. The molecule has 1 N–H and O–H groups in total. The number of hydrogen-bond donors (Lipinski definition) is 1. The van der Waals surface area contributed by atoms with Crippen LogP contribution in [0.25, 0.3) is 11.4 Å². The van der Waals surface area contributed by atoms with Crippen molar-refractivity contribution in [3.05, 3.63) is 71.5 Å². The van der Waals surface area contributed by atoms with Crippen molar-refractivity contribution >= 4 is 17.5 Å². The van der Waals surface area contributed by atoms with Crippen molar-refractivity contribution in [3.8, 4) is 17.1 Å². The van der Waals surface area contributed by atoms with Crippen molar-refractivity contribution in [2.75, 3.05) is 18.1 Å². The maximum Gasteiger partial charge on any atom is 0.251 e. The van der Waals surface area contributed by atoms with Crippen LogP contribution in [-0.4, -0.2) is 34.9 Å². The highest BCUT2D eigenvalue weighted by Crippen LogP contribution is 2.32. The summed E-state index contributed by atoms with van der Waals surface area (Å²) in [6.45, 7) is 8.15. The van der Waals surface area contributed by atoms with Crippen molar-refractivity contribution in [1.29, 1.82) is 0 Å². The molecule has 0 fully saturated rings. The monoisotopic (exact) mass is 514 g/mol. The van der Waals surface area contributed by atoms with Crippen LogP contribution in [0.4, 0.5) is 5.69 Å². The first kappa shape index (κ1) is 27.3. The number of benzene rings is 2. The Kier molecular flexibility index (Phi) is 9.46. The zero-order valence-electron chi connectivity index (χ0n) is 22.7. The largest absolute Gasteiger partial charge is 0.490 e. The van der Waals surface area contributed by atoms with E-state index in [1.165, 1.54) is 0 Å². The summed E-state index contributed by atoms with van der Waals surface area (Å²) in [4.78, 5) is 36.2. The number of carbonyl (C=O) groups excluding carboxylic acids is 2. The highest BCUT2D eigenvalue weighted by atomic mass is 16.5. The molecule has 0 spiro atoms. The maximum atomic E-state index is 12.9. The van der Waals surface area contributed by atoms with Gasteiger partial charge in [0.25, 0.3) is 5.91 Å². The van der Waals surface area contributed by atoms with Crippen molar-refractivity contribution in [1.82, 2.24) is 15.3 Å². The Morgan fingerprint density at radius 1 is 1.03 bits per heavy atom. The van der Waals surface area contributed by atoms with E-state index >= 15 is 0 Å². The van der Waals surface area contributed by atoms with Crippen LogP contribution >= 0.6 is 0 Å². The summed E-state index contributed by atoms with van der Waals surface area (Å²) >= 11 is 0. The highest BCUT2D eigenvalue weighted by Gasteiger charge is 2.28. The zero-order chi connectivity index (χ0) is 26.9. The molecule has 0 saturated heterocycles. The van der Waals surface area contributed by atoms with E-state index in [-0.39, 0.29) is 11.8 Å². The van der Waals surface area contributed by atoms with Gasteiger partial charge in [-0.25, -0.2) is 9.97 Å². The molecule has 2 heterocycles. The number of nitrogens with zero attached hydrogens (tertiary/aromatic N) is 3. The maximum absolute atomic E-state index is 12.9. The van der Waals surface area contributed by atoms with E-state index in [2.05, 4.69) is 29.1 Å². The number of nitrogens with one attached hydrogen (secondary N) is 1. The van der Waals surface area contributed by atoms with E-state index in [0.29, 0.717) is 49.2 Å². The van der Waals surface area contributed by atoms with Crippen molar-refractivity contribution in [3.63, 3.8) is 0 Å². The average Bonchev–Trinajstić information content (AvgIpc) is 3.25. The average molecular weight is 515 g/mol. The summed E-state index contributed by atoms with van der Waals surface area (Å²) in [6.07, 6.45) is 9.32. The van der Waals surface area contributed by atoms with Gasteiger partial charge in [0, 0.05) is 23.4 Å². The van der Waals surface area contributed by atoms with E-state index in [1.54, 1.807) is 23.4 Å². The molecule has 4 rings (SSSR count). The molecule has 0 unspecified atom stereocenters. The van der Waals surface area contributed by atoms with Crippen molar-refractivity contribution in [2.45, 2.75) is 65.8 Å². The lowest BCUT2D eigenvalue weighted by Crippen LogP contribution is -2.27. The second kappa shape index (κ2) is 13.2. The summed E-state index contributed by atoms with van der Waals surface area (Å²) in [5.74, 6) is 1.76. The summed E-state index contributed by atoms with van der Waals surface area (Å²) in [6, 6.07) is 13.4. The minimum Gasteiger partial charge on any atom is -0.490 e. The number of anilines is 1. The van der Waals surface area contributed by atoms with Crippen LogP contribution in [0.5, 0.6) is 5.75 Å². The molecule has 200 valence electrons. The molecule has 0 radical (unpaired) electrons. The first-order chi connectivity index (χ1) is 18.5. The lowest BCUT2D eigenvalue weighted by molar-refractivity contribution is -0.117. The lowest BCUT2D eigenvalue weighted by Gasteiger charge is -2.19. The molecule has 3 aromatic rings. The third-order valence-electron chi connectivity index (χ3n) is 6.85. The van der Waals surface area contributed by atoms with Gasteiger partial charge in [0.15, 0.2) is 11.6 Å². The topological polar surface area (TPSA) is 84.4 Å². The summed E-state index contributed by atoms with van der Waals surface area (Å²) < 4.78 is 5.97. The van der Waals surface area contributed by atoms with Crippen LogP contribution in [0, 0.1) is 5.92 Å². The van der Waals surface area contributed by atoms with Crippen LogP contribution in [0.2, 0.25) is 0 Å². The number of carbonyl (C=O) groups is 2. The Morgan fingerprint density at radius 3 is 2.50 bits per heavy atom. The van der Waals surface area contributed by atoms with Gasteiger partial charge in [0.1, 0.15) is 0 Å². The molecular weight excluding hydrogens is 476 g/mol. The van der Waals surface area contributed by atoms with Crippen LogP contribution in [0.1, 0.15) is 74.4 Å². The molecule has 0 saturated carbocycles. The van der Waals surface area contributed by atoms with Gasteiger partial charge in [-0.15, -0.1) is 0 Å². The molecule has 2 aromatic carbocycles. The number of hydrogen-bond acceptors (Lipinski definition) is 5. The number of rotatable bonds is 13. The normalized spacial score (nSPS) is 12.6. The van der Waals surface area contributed by atoms with Gasteiger partial charge in [0.05, 0.1) is 32.0 Å². The highest BCUT2D eigenvalue weighted by molar-refractivity contribution is 6.03. The summed E-state index contributed by atoms with van der Waals surface area (Å²) in [5.41, 5.74) is 4.15. The molecule has 1 aliphatic rings. The first-order valence-electron chi connectivity index (χ1n) is 13.8. The van der Waals surface area contributed by atoms with Gasteiger partial charge < -0.3 is 15.0 Å². The number of amides is 2. The fourth-order valence-corrected chi connectivity index (χ4v) is 4.89. The third kappa shape index (κ3) is 6.77. The molecular formula is C31H38N4O3. The standard InChI is InChI=1S/C31H38N4O3/c1-4-8-22(9-5-2)21-38-27-18-33-30(34-19-27)25-11-7-10-23(15-25)20-35-28-16-26(31(37)32-14-6-3)13-12-24(28)17-29(35)36/h7,10-13,15-16,18-19,22H,4-6,8-9,14,17,20-21H2,1-3H3,(H,32,37). The van der Waals surface area contributed by atoms with Gasteiger partial charge in [-0.2, -0.15) is 0 Å². The number of fused-ring (bicyclic) bond motifs is 1. The molecule has 7 heteroatoms. The Hall–Kier alpha value is -3.74. The summed E-state index contributed by atoms with van der Waals surface area (Å²) in [7, 11) is 0. The van der Waals surface area contributed by atoms with Gasteiger partial charge in [-0.3, -0.25) is 9.59 Å². The number of aromatic nitrogens is 2. The Morgan fingerprint density at radius 2 is 1.79 bits per heavy atom. The van der Waals surface area contributed by atoms with Crippen molar-refractivity contribution < 1.29 is 14.3 Å². The van der Waals surface area contributed by atoms with E-state index in [1.807, 2.05) is 43.3 Å². The molecule has 1 aromatic heterocycles. The fourth-order valence-electron chi connectivity index (χ4n) is 4.89. The summed E-state index contributed by atoms with van der Waals surface area (Å²) in [5, 5.41) is 2.90. The molecule has 7 nitrogen and oxygen atoms in total.